The van der Waals surface area contributed by atoms with Crippen LogP contribution in [0, 0.1) is 11.8 Å². The molecule has 6 heteroatoms. The summed E-state index contributed by atoms with van der Waals surface area (Å²) in [5.74, 6) is 2.29. The lowest BCUT2D eigenvalue weighted by atomic mass is 9.94. The SMILES string of the molecule is O=C1[C@H]2CC[C@H](CN(c3ncnc4ccsc34)C2)N1CC1CC1. The number of aromatic nitrogens is 2. The first-order chi connectivity index (χ1) is 11.3. The molecule has 4 aliphatic rings. The second-order valence-corrected chi connectivity index (χ2v) is 8.02. The molecule has 5 heterocycles. The Balaban J connectivity index is 1.49. The lowest BCUT2D eigenvalue weighted by Gasteiger charge is -2.36. The van der Waals surface area contributed by atoms with Gasteiger partial charge in [-0.2, -0.15) is 0 Å². The fourth-order valence-electron chi connectivity index (χ4n) is 4.03. The molecule has 0 unspecified atom stereocenters. The quantitative estimate of drug-likeness (QED) is 0.869. The van der Waals surface area contributed by atoms with Gasteiger partial charge in [0.25, 0.3) is 0 Å². The molecule has 2 atom stereocenters. The number of hydrogen-bond donors (Lipinski definition) is 0. The summed E-state index contributed by atoms with van der Waals surface area (Å²) in [7, 11) is 0. The second kappa shape index (κ2) is 5.16. The number of carbonyl (C=O) groups is 1. The van der Waals surface area contributed by atoms with E-state index < -0.39 is 0 Å². The maximum Gasteiger partial charge on any atom is 0.227 e. The van der Waals surface area contributed by atoms with Crippen LogP contribution in [0.2, 0.25) is 0 Å². The monoisotopic (exact) mass is 328 g/mol. The number of thiophene rings is 1. The number of hydrogen-bond acceptors (Lipinski definition) is 5. The summed E-state index contributed by atoms with van der Waals surface area (Å²) >= 11 is 1.69. The van der Waals surface area contributed by atoms with Gasteiger partial charge in [0, 0.05) is 25.7 Å². The van der Waals surface area contributed by atoms with Gasteiger partial charge in [-0.25, -0.2) is 9.97 Å². The fourth-order valence-corrected chi connectivity index (χ4v) is 4.89. The molecule has 5 nitrogen and oxygen atoms in total. The maximum absolute atomic E-state index is 12.8. The van der Waals surface area contributed by atoms with Crippen molar-refractivity contribution in [2.24, 2.45) is 11.8 Å². The van der Waals surface area contributed by atoms with Crippen molar-refractivity contribution in [3.8, 4) is 0 Å². The van der Waals surface area contributed by atoms with Crippen LogP contribution >= 0.6 is 11.3 Å². The van der Waals surface area contributed by atoms with Gasteiger partial charge in [0.05, 0.1) is 16.1 Å². The van der Waals surface area contributed by atoms with Crippen LogP contribution in [0.3, 0.4) is 0 Å². The number of anilines is 1. The topological polar surface area (TPSA) is 49.3 Å². The standard InChI is InChI=1S/C17H20N4OS/c22-17-12-3-4-13(21(17)7-11-1-2-11)9-20(8-12)16-15-14(5-6-23-15)18-10-19-16/h5-6,10-13H,1-4,7-9H2/t12-,13+/m0/s1. The third-order valence-corrected chi connectivity index (χ3v) is 6.37. The number of nitrogens with zero attached hydrogens (tertiary/aromatic N) is 4. The molecular weight excluding hydrogens is 308 g/mol. The molecule has 0 spiro atoms. The van der Waals surface area contributed by atoms with E-state index >= 15 is 0 Å². The molecule has 0 N–H and O–H groups in total. The third kappa shape index (κ3) is 2.31. The Hall–Kier alpha value is -1.69. The lowest BCUT2D eigenvalue weighted by Crippen LogP contribution is -2.48. The van der Waals surface area contributed by atoms with Crippen molar-refractivity contribution in [1.29, 1.82) is 0 Å². The molecular formula is C17H20N4OS. The zero-order valence-electron chi connectivity index (χ0n) is 13.0. The number of rotatable bonds is 3. The van der Waals surface area contributed by atoms with Gasteiger partial charge in [0.15, 0.2) is 0 Å². The van der Waals surface area contributed by atoms with Crippen molar-refractivity contribution >= 4 is 33.3 Å². The van der Waals surface area contributed by atoms with Gasteiger partial charge < -0.3 is 9.80 Å². The van der Waals surface area contributed by atoms with Crippen molar-refractivity contribution in [3.63, 3.8) is 0 Å². The van der Waals surface area contributed by atoms with Gasteiger partial charge in [0.2, 0.25) is 5.91 Å². The maximum atomic E-state index is 12.8. The average molecular weight is 328 g/mol. The number of carbonyl (C=O) groups excluding carboxylic acids is 1. The Morgan fingerprint density at radius 1 is 1.17 bits per heavy atom. The van der Waals surface area contributed by atoms with E-state index in [-0.39, 0.29) is 5.92 Å². The third-order valence-electron chi connectivity index (χ3n) is 5.47. The molecule has 1 amide bonds. The highest BCUT2D eigenvalue weighted by atomic mass is 32.1. The Bertz CT molecular complexity index is 756. The van der Waals surface area contributed by atoms with Crippen LogP contribution in [0.15, 0.2) is 17.8 Å². The Morgan fingerprint density at radius 3 is 2.96 bits per heavy atom. The molecule has 120 valence electrons. The summed E-state index contributed by atoms with van der Waals surface area (Å²) in [5.41, 5.74) is 1.01. The molecule has 23 heavy (non-hydrogen) atoms. The van der Waals surface area contributed by atoms with Gasteiger partial charge in [0.1, 0.15) is 12.1 Å². The molecule has 2 aromatic heterocycles. The lowest BCUT2D eigenvalue weighted by molar-refractivity contribution is -0.140. The Kier molecular flexibility index (Phi) is 3.08. The van der Waals surface area contributed by atoms with Crippen LogP contribution < -0.4 is 4.90 Å². The van der Waals surface area contributed by atoms with Crippen LogP contribution in [0.1, 0.15) is 25.7 Å². The summed E-state index contributed by atoms with van der Waals surface area (Å²) < 4.78 is 1.15. The minimum absolute atomic E-state index is 0.137. The van der Waals surface area contributed by atoms with Crippen LogP contribution in [0.4, 0.5) is 5.82 Å². The summed E-state index contributed by atoms with van der Waals surface area (Å²) in [6.07, 6.45) is 6.41. The molecule has 3 saturated heterocycles. The van der Waals surface area contributed by atoms with E-state index in [1.165, 1.54) is 12.8 Å². The molecule has 1 saturated carbocycles. The molecule has 2 bridgehead atoms. The zero-order chi connectivity index (χ0) is 15.4. The normalized spacial score (nSPS) is 27.7. The number of piperidine rings is 1. The first-order valence-electron chi connectivity index (χ1n) is 8.53. The van der Waals surface area contributed by atoms with E-state index in [2.05, 4.69) is 25.1 Å². The van der Waals surface area contributed by atoms with E-state index in [0.717, 1.165) is 54.4 Å². The van der Waals surface area contributed by atoms with Gasteiger partial charge in [-0.15, -0.1) is 11.3 Å². The first kappa shape index (κ1) is 13.7. The highest BCUT2D eigenvalue weighted by Gasteiger charge is 2.43. The van der Waals surface area contributed by atoms with Gasteiger partial charge >= 0.3 is 0 Å². The van der Waals surface area contributed by atoms with Gasteiger partial charge in [-0.3, -0.25) is 4.79 Å². The summed E-state index contributed by atoms with van der Waals surface area (Å²) in [6.45, 7) is 2.70. The minimum Gasteiger partial charge on any atom is -0.352 e. The van der Waals surface area contributed by atoms with Crippen LogP contribution in [0.25, 0.3) is 10.2 Å². The van der Waals surface area contributed by atoms with E-state index in [4.69, 9.17) is 0 Å². The van der Waals surface area contributed by atoms with Crippen molar-refractivity contribution < 1.29 is 4.79 Å². The largest absolute Gasteiger partial charge is 0.352 e. The van der Waals surface area contributed by atoms with Crippen molar-refractivity contribution in [2.45, 2.75) is 31.7 Å². The highest BCUT2D eigenvalue weighted by molar-refractivity contribution is 7.17. The molecule has 6 rings (SSSR count). The summed E-state index contributed by atoms with van der Waals surface area (Å²) in [6, 6.07) is 2.40. The first-order valence-corrected chi connectivity index (χ1v) is 9.41. The van der Waals surface area contributed by atoms with Crippen LogP contribution in [0.5, 0.6) is 0 Å². The zero-order valence-corrected chi connectivity index (χ0v) is 13.8. The molecule has 0 radical (unpaired) electrons. The number of amides is 1. The van der Waals surface area contributed by atoms with Crippen molar-refractivity contribution in [1.82, 2.24) is 14.9 Å². The number of fused-ring (bicyclic) bond motifs is 5. The molecule has 2 aromatic rings. The Morgan fingerprint density at radius 2 is 2.09 bits per heavy atom. The van der Waals surface area contributed by atoms with E-state index in [0.29, 0.717) is 11.9 Å². The smallest absolute Gasteiger partial charge is 0.227 e. The molecule has 0 aromatic carbocycles. The van der Waals surface area contributed by atoms with E-state index in [9.17, 15) is 4.79 Å². The van der Waals surface area contributed by atoms with E-state index in [1.54, 1.807) is 17.7 Å². The molecule has 4 fully saturated rings. The van der Waals surface area contributed by atoms with Gasteiger partial charge in [-0.1, -0.05) is 0 Å². The summed E-state index contributed by atoms with van der Waals surface area (Å²) in [5, 5.41) is 2.07. The highest BCUT2D eigenvalue weighted by Crippen LogP contribution is 2.37. The fraction of sp³-hybridized carbons (Fsp3) is 0.588. The summed E-state index contributed by atoms with van der Waals surface area (Å²) in [4.78, 5) is 26.3. The Labute approximate surface area is 139 Å². The minimum atomic E-state index is 0.137. The van der Waals surface area contributed by atoms with Crippen LogP contribution in [-0.2, 0) is 4.79 Å². The second-order valence-electron chi connectivity index (χ2n) is 7.10. The van der Waals surface area contributed by atoms with Crippen molar-refractivity contribution in [2.75, 3.05) is 24.5 Å². The van der Waals surface area contributed by atoms with Crippen LogP contribution in [-0.4, -0.2) is 46.5 Å². The molecule has 3 aliphatic heterocycles. The van der Waals surface area contributed by atoms with Gasteiger partial charge in [-0.05, 0) is 43.0 Å². The van der Waals surface area contributed by atoms with E-state index in [1.807, 2.05) is 6.07 Å². The van der Waals surface area contributed by atoms with Crippen molar-refractivity contribution in [3.05, 3.63) is 17.8 Å². The predicted octanol–water partition coefficient (Wildman–Crippen LogP) is 2.53. The predicted molar refractivity (Wildman–Crippen MR) is 90.6 cm³/mol. The average Bonchev–Trinajstić information content (AvgIpc) is 3.31. The molecule has 1 aliphatic carbocycles.